The number of ether oxygens (including phenoxy) is 1. The second-order valence-electron chi connectivity index (χ2n) is 10.2. The van der Waals surface area contributed by atoms with Crippen molar-refractivity contribution in [3.8, 4) is 0 Å². The van der Waals surface area contributed by atoms with E-state index in [0.717, 1.165) is 29.8 Å². The zero-order chi connectivity index (χ0) is 29.8. The first kappa shape index (κ1) is 31.4. The summed E-state index contributed by atoms with van der Waals surface area (Å²) in [6.45, 7) is 6.53. The molecule has 2 N–H and O–H groups in total. The fourth-order valence-corrected chi connectivity index (χ4v) is 6.02. The smallest absolute Gasteiger partial charge is 0.247 e. The SMILES string of the molecule is CCNS(=O)(=O)c1ccc(CCC(=O)N(Cc2ccccc2)[C@H](C(=O)NCCN2CCOCC2)c2ccccc2)cc1. The number of nitrogens with zero attached hydrogens (tertiary/aromatic N) is 2. The van der Waals surface area contributed by atoms with Gasteiger partial charge < -0.3 is 15.0 Å². The Kier molecular flexibility index (Phi) is 11.7. The summed E-state index contributed by atoms with van der Waals surface area (Å²) in [6, 6.07) is 24.8. The summed E-state index contributed by atoms with van der Waals surface area (Å²) in [5, 5.41) is 3.08. The molecule has 1 aliphatic rings. The van der Waals surface area contributed by atoms with E-state index >= 15 is 0 Å². The van der Waals surface area contributed by atoms with Crippen molar-refractivity contribution in [2.24, 2.45) is 0 Å². The quantitative estimate of drug-likeness (QED) is 0.298. The molecule has 0 unspecified atom stereocenters. The lowest BCUT2D eigenvalue weighted by Gasteiger charge is -2.32. The highest BCUT2D eigenvalue weighted by Crippen LogP contribution is 2.25. The lowest BCUT2D eigenvalue weighted by Crippen LogP contribution is -2.46. The monoisotopic (exact) mass is 592 g/mol. The third kappa shape index (κ3) is 8.96. The van der Waals surface area contributed by atoms with Crippen molar-refractivity contribution >= 4 is 21.8 Å². The maximum atomic E-state index is 13.9. The molecule has 3 aromatic carbocycles. The first-order valence-corrected chi connectivity index (χ1v) is 15.9. The third-order valence-corrected chi connectivity index (χ3v) is 8.78. The molecular formula is C32H40N4O5S. The van der Waals surface area contributed by atoms with Gasteiger partial charge in [-0.2, -0.15) is 0 Å². The standard InChI is InChI=1S/C32H40N4O5S/c1-2-34-42(39,40)29-16-13-26(14-17-29)15-18-30(37)36(25-27-9-5-3-6-10-27)31(28-11-7-4-8-12-28)32(38)33-19-20-35-21-23-41-24-22-35/h3-14,16-17,31,34H,2,15,18-25H2,1H3,(H,33,38)/t31-/m0/s1. The maximum absolute atomic E-state index is 13.9. The molecule has 42 heavy (non-hydrogen) atoms. The van der Waals surface area contributed by atoms with E-state index in [1.54, 1.807) is 36.1 Å². The Morgan fingerprint density at radius 2 is 1.55 bits per heavy atom. The summed E-state index contributed by atoms with van der Waals surface area (Å²) in [5.41, 5.74) is 2.50. The number of morpholine rings is 1. The van der Waals surface area contributed by atoms with Crippen molar-refractivity contribution in [1.29, 1.82) is 0 Å². The van der Waals surface area contributed by atoms with E-state index in [1.807, 2.05) is 60.7 Å². The second-order valence-corrected chi connectivity index (χ2v) is 12.0. The number of amides is 2. The molecular weight excluding hydrogens is 552 g/mol. The minimum atomic E-state index is -3.55. The molecule has 0 saturated carbocycles. The van der Waals surface area contributed by atoms with Crippen LogP contribution in [0.5, 0.6) is 0 Å². The fraction of sp³-hybridized carbons (Fsp3) is 0.375. The molecule has 10 heteroatoms. The van der Waals surface area contributed by atoms with E-state index in [9.17, 15) is 18.0 Å². The van der Waals surface area contributed by atoms with E-state index in [4.69, 9.17) is 4.74 Å². The first-order chi connectivity index (χ1) is 20.4. The molecule has 9 nitrogen and oxygen atoms in total. The van der Waals surface area contributed by atoms with Gasteiger partial charge in [-0.3, -0.25) is 14.5 Å². The Morgan fingerprint density at radius 1 is 0.905 bits per heavy atom. The molecule has 0 aliphatic carbocycles. The average Bonchev–Trinajstić information content (AvgIpc) is 3.01. The number of nitrogens with one attached hydrogen (secondary N) is 2. The highest BCUT2D eigenvalue weighted by Gasteiger charge is 2.31. The molecule has 1 saturated heterocycles. The van der Waals surface area contributed by atoms with Crippen LogP contribution in [0.15, 0.2) is 89.8 Å². The Morgan fingerprint density at radius 3 is 2.19 bits per heavy atom. The van der Waals surface area contributed by atoms with Gasteiger partial charge in [0.2, 0.25) is 21.8 Å². The topological polar surface area (TPSA) is 108 Å². The number of carbonyl (C=O) groups excluding carboxylic acids is 2. The summed E-state index contributed by atoms with van der Waals surface area (Å²) >= 11 is 0. The van der Waals surface area contributed by atoms with Crippen LogP contribution in [0.4, 0.5) is 0 Å². The van der Waals surface area contributed by atoms with E-state index in [1.165, 1.54) is 0 Å². The van der Waals surface area contributed by atoms with Crippen molar-refractivity contribution in [1.82, 2.24) is 19.8 Å². The number of carbonyl (C=O) groups is 2. The van der Waals surface area contributed by atoms with Gasteiger partial charge in [-0.25, -0.2) is 13.1 Å². The summed E-state index contributed by atoms with van der Waals surface area (Å²) in [5.74, 6) is -0.392. The van der Waals surface area contributed by atoms with Crippen molar-refractivity contribution < 1.29 is 22.7 Å². The van der Waals surface area contributed by atoms with Crippen molar-refractivity contribution in [3.63, 3.8) is 0 Å². The largest absolute Gasteiger partial charge is 0.379 e. The lowest BCUT2D eigenvalue weighted by atomic mass is 10.0. The predicted molar refractivity (Wildman–Crippen MR) is 162 cm³/mol. The second kappa shape index (κ2) is 15.6. The van der Waals surface area contributed by atoms with Crippen molar-refractivity contribution in [3.05, 3.63) is 102 Å². The molecule has 0 bridgehead atoms. The van der Waals surface area contributed by atoms with Gasteiger partial charge in [0, 0.05) is 45.7 Å². The van der Waals surface area contributed by atoms with Crippen LogP contribution in [-0.4, -0.2) is 76.0 Å². The van der Waals surface area contributed by atoms with Gasteiger partial charge in [0.25, 0.3) is 0 Å². The Hall–Kier alpha value is -3.57. The van der Waals surface area contributed by atoms with Gasteiger partial charge in [-0.05, 0) is 35.2 Å². The van der Waals surface area contributed by atoms with Crippen LogP contribution in [0.2, 0.25) is 0 Å². The van der Waals surface area contributed by atoms with Crippen molar-refractivity contribution in [2.75, 3.05) is 45.9 Å². The van der Waals surface area contributed by atoms with E-state index in [-0.39, 0.29) is 29.7 Å². The summed E-state index contributed by atoms with van der Waals surface area (Å²) < 4.78 is 32.5. The molecule has 1 heterocycles. The Labute approximate surface area is 248 Å². The maximum Gasteiger partial charge on any atom is 0.247 e. The molecule has 1 aliphatic heterocycles. The number of hydrogen-bond acceptors (Lipinski definition) is 6. The number of hydrogen-bond donors (Lipinski definition) is 2. The van der Waals surface area contributed by atoms with Crippen molar-refractivity contribution in [2.45, 2.75) is 37.2 Å². The minimum Gasteiger partial charge on any atom is -0.379 e. The number of aryl methyl sites for hydroxylation is 1. The Bertz CT molecular complexity index is 1380. The molecule has 0 radical (unpaired) electrons. The van der Waals surface area contributed by atoms with Crippen LogP contribution < -0.4 is 10.0 Å². The zero-order valence-electron chi connectivity index (χ0n) is 24.1. The lowest BCUT2D eigenvalue weighted by molar-refractivity contribution is -0.141. The molecule has 4 rings (SSSR count). The summed E-state index contributed by atoms with van der Waals surface area (Å²) in [7, 11) is -3.55. The first-order valence-electron chi connectivity index (χ1n) is 14.4. The van der Waals surface area contributed by atoms with Crippen LogP contribution in [0.25, 0.3) is 0 Å². The molecule has 1 fully saturated rings. The number of benzene rings is 3. The van der Waals surface area contributed by atoms with Gasteiger partial charge in [0.15, 0.2) is 0 Å². The molecule has 2 amide bonds. The predicted octanol–water partition coefficient (Wildman–Crippen LogP) is 3.14. The zero-order valence-corrected chi connectivity index (χ0v) is 24.9. The average molecular weight is 593 g/mol. The minimum absolute atomic E-state index is 0.163. The van der Waals surface area contributed by atoms with Crippen LogP contribution in [0, 0.1) is 0 Å². The van der Waals surface area contributed by atoms with Gasteiger partial charge in [0.05, 0.1) is 18.1 Å². The van der Waals surface area contributed by atoms with Crippen LogP contribution in [0.3, 0.4) is 0 Å². The molecule has 1 atom stereocenters. The molecule has 224 valence electrons. The van der Waals surface area contributed by atoms with Crippen LogP contribution in [0.1, 0.15) is 36.1 Å². The van der Waals surface area contributed by atoms with Gasteiger partial charge in [0.1, 0.15) is 6.04 Å². The Balaban J connectivity index is 1.52. The summed E-state index contributed by atoms with van der Waals surface area (Å²) in [4.78, 5) is 31.7. The molecule has 0 spiro atoms. The molecule has 3 aromatic rings. The van der Waals surface area contributed by atoms with Gasteiger partial charge in [-0.1, -0.05) is 79.7 Å². The third-order valence-electron chi connectivity index (χ3n) is 7.22. The van der Waals surface area contributed by atoms with E-state index in [0.29, 0.717) is 39.3 Å². The summed E-state index contributed by atoms with van der Waals surface area (Å²) in [6.07, 6.45) is 0.572. The highest BCUT2D eigenvalue weighted by atomic mass is 32.2. The number of rotatable bonds is 14. The number of sulfonamides is 1. The normalized spacial score (nSPS) is 14.7. The van der Waals surface area contributed by atoms with E-state index in [2.05, 4.69) is 14.9 Å². The van der Waals surface area contributed by atoms with Gasteiger partial charge >= 0.3 is 0 Å². The van der Waals surface area contributed by atoms with E-state index < -0.39 is 16.1 Å². The fourth-order valence-electron chi connectivity index (χ4n) is 4.97. The molecule has 0 aromatic heterocycles. The van der Waals surface area contributed by atoms with Crippen LogP contribution >= 0.6 is 0 Å². The van der Waals surface area contributed by atoms with Crippen LogP contribution in [-0.2, 0) is 37.3 Å². The highest BCUT2D eigenvalue weighted by molar-refractivity contribution is 7.89. The van der Waals surface area contributed by atoms with Gasteiger partial charge in [-0.15, -0.1) is 0 Å².